The number of ether oxygens (including phenoxy) is 1. The van der Waals surface area contributed by atoms with Crippen LogP contribution in [0.5, 0.6) is 0 Å². The first-order chi connectivity index (χ1) is 16.2. The minimum Gasteiger partial charge on any atom is -0.446 e. The summed E-state index contributed by atoms with van der Waals surface area (Å²) in [5.74, 6) is -3.47. The Balaban J connectivity index is 1.71. The van der Waals surface area contributed by atoms with E-state index in [0.29, 0.717) is 11.1 Å². The van der Waals surface area contributed by atoms with E-state index < -0.39 is 46.6 Å². The molecule has 0 spiro atoms. The van der Waals surface area contributed by atoms with Crippen LogP contribution in [0.15, 0.2) is 67.0 Å². The highest BCUT2D eigenvalue weighted by atomic mass is 79.9. The largest absolute Gasteiger partial charge is 0.451 e. The number of amides is 2. The fourth-order valence-electron chi connectivity index (χ4n) is 3.71. The summed E-state index contributed by atoms with van der Waals surface area (Å²) in [6.45, 7) is -0.0427. The maximum Gasteiger partial charge on any atom is 0.451 e. The zero-order valence-corrected chi connectivity index (χ0v) is 18.8. The van der Waals surface area contributed by atoms with Gasteiger partial charge < -0.3 is 4.74 Å². The van der Waals surface area contributed by atoms with Gasteiger partial charge in [0.15, 0.2) is 0 Å². The van der Waals surface area contributed by atoms with E-state index in [1.807, 2.05) is 0 Å². The molecule has 1 fully saturated rings. The molecular weight excluding hydrogens is 522 g/mol. The lowest BCUT2D eigenvalue weighted by atomic mass is 9.89. The molecule has 0 N–H and O–H groups in total. The van der Waals surface area contributed by atoms with Crippen molar-refractivity contribution in [2.75, 3.05) is 6.61 Å². The SMILES string of the molecule is O=C1OC[C@@H](c2ccccc2)N1C(=O)[C@H](Br)[C@@H](c1ccc(F)cc1)c1cnc(C(F)(F)F)nc1. The van der Waals surface area contributed by atoms with Crippen LogP contribution in [-0.2, 0) is 15.7 Å². The second-order valence-electron chi connectivity index (χ2n) is 7.48. The van der Waals surface area contributed by atoms with Gasteiger partial charge in [-0.3, -0.25) is 4.79 Å². The number of carbonyl (C=O) groups excluding carboxylic acids is 2. The molecule has 0 saturated carbocycles. The summed E-state index contributed by atoms with van der Waals surface area (Å²) < 4.78 is 57.5. The lowest BCUT2D eigenvalue weighted by Gasteiger charge is -2.27. The first kappa shape index (κ1) is 23.8. The highest BCUT2D eigenvalue weighted by Crippen LogP contribution is 2.37. The second kappa shape index (κ2) is 9.49. The molecule has 34 heavy (non-hydrogen) atoms. The van der Waals surface area contributed by atoms with E-state index in [1.54, 1.807) is 30.3 Å². The molecule has 11 heteroatoms. The van der Waals surface area contributed by atoms with Gasteiger partial charge in [-0.2, -0.15) is 13.2 Å². The summed E-state index contributed by atoms with van der Waals surface area (Å²) in [4.78, 5) is 32.6. The fraction of sp³-hybridized carbons (Fsp3) is 0.217. The van der Waals surface area contributed by atoms with Gasteiger partial charge in [-0.25, -0.2) is 24.1 Å². The van der Waals surface area contributed by atoms with E-state index in [1.165, 1.54) is 12.1 Å². The maximum absolute atomic E-state index is 13.5. The van der Waals surface area contributed by atoms with Gasteiger partial charge in [0, 0.05) is 18.3 Å². The predicted molar refractivity (Wildman–Crippen MR) is 115 cm³/mol. The van der Waals surface area contributed by atoms with Gasteiger partial charge in [-0.1, -0.05) is 58.4 Å². The van der Waals surface area contributed by atoms with Crippen molar-refractivity contribution in [1.82, 2.24) is 14.9 Å². The number of nitrogens with zero attached hydrogens (tertiary/aromatic N) is 3. The highest BCUT2D eigenvalue weighted by molar-refractivity contribution is 9.10. The van der Waals surface area contributed by atoms with Crippen molar-refractivity contribution in [3.63, 3.8) is 0 Å². The zero-order chi connectivity index (χ0) is 24.5. The van der Waals surface area contributed by atoms with E-state index in [9.17, 15) is 27.2 Å². The van der Waals surface area contributed by atoms with E-state index in [0.717, 1.165) is 29.4 Å². The van der Waals surface area contributed by atoms with Crippen LogP contribution in [0.1, 0.15) is 34.5 Å². The number of cyclic esters (lactones) is 1. The molecule has 176 valence electrons. The third-order valence-electron chi connectivity index (χ3n) is 5.34. The summed E-state index contributed by atoms with van der Waals surface area (Å²) in [6, 6.07) is 13.2. The predicted octanol–water partition coefficient (Wildman–Crippen LogP) is 5.25. The van der Waals surface area contributed by atoms with Crippen LogP contribution in [-0.4, -0.2) is 38.3 Å². The summed E-state index contributed by atoms with van der Waals surface area (Å²) in [5.41, 5.74) is 1.25. The number of rotatable bonds is 5. The van der Waals surface area contributed by atoms with Crippen LogP contribution in [0.3, 0.4) is 0 Å². The molecule has 0 aliphatic carbocycles. The Labute approximate surface area is 199 Å². The fourth-order valence-corrected chi connectivity index (χ4v) is 4.54. The molecule has 2 heterocycles. The molecule has 3 atom stereocenters. The number of aromatic nitrogens is 2. The zero-order valence-electron chi connectivity index (χ0n) is 17.2. The Bertz CT molecular complexity index is 1170. The standard InChI is InChI=1S/C23H16BrF4N3O3/c24-19(20(32)31-17(12-34-22(31)33)13-4-2-1-3-5-13)18(14-6-8-16(25)9-7-14)15-10-29-21(30-11-15)23(26,27)28/h1-11,17-19H,12H2/t17-,18-,19+/m0/s1. The van der Waals surface area contributed by atoms with E-state index in [-0.39, 0.29) is 12.2 Å². The first-order valence-electron chi connectivity index (χ1n) is 10.00. The smallest absolute Gasteiger partial charge is 0.446 e. The van der Waals surface area contributed by atoms with Gasteiger partial charge in [0.25, 0.3) is 0 Å². The van der Waals surface area contributed by atoms with E-state index in [2.05, 4.69) is 25.9 Å². The molecule has 6 nitrogen and oxygen atoms in total. The molecule has 4 rings (SSSR count). The highest BCUT2D eigenvalue weighted by Gasteiger charge is 2.44. The Hall–Kier alpha value is -3.34. The third-order valence-corrected chi connectivity index (χ3v) is 6.26. The van der Waals surface area contributed by atoms with Gasteiger partial charge in [0.2, 0.25) is 11.7 Å². The number of carbonyl (C=O) groups is 2. The van der Waals surface area contributed by atoms with Gasteiger partial charge in [-0.15, -0.1) is 0 Å². The van der Waals surface area contributed by atoms with Crippen molar-refractivity contribution < 1.29 is 31.9 Å². The second-order valence-corrected chi connectivity index (χ2v) is 8.47. The molecule has 2 aromatic carbocycles. The van der Waals surface area contributed by atoms with Crippen molar-refractivity contribution in [2.45, 2.75) is 23.0 Å². The maximum atomic E-state index is 13.5. The number of alkyl halides is 4. The van der Waals surface area contributed by atoms with Crippen LogP contribution >= 0.6 is 15.9 Å². The molecule has 1 aliphatic heterocycles. The van der Waals surface area contributed by atoms with Gasteiger partial charge in [0.05, 0.1) is 0 Å². The van der Waals surface area contributed by atoms with Crippen molar-refractivity contribution in [2.24, 2.45) is 0 Å². The van der Waals surface area contributed by atoms with Crippen LogP contribution in [0, 0.1) is 5.82 Å². The number of hydrogen-bond acceptors (Lipinski definition) is 5. The molecule has 1 saturated heterocycles. The van der Waals surface area contributed by atoms with Gasteiger partial charge in [-0.05, 0) is 28.8 Å². The lowest BCUT2D eigenvalue weighted by Crippen LogP contribution is -2.41. The summed E-state index contributed by atoms with van der Waals surface area (Å²) >= 11 is 3.33. The van der Waals surface area contributed by atoms with Crippen LogP contribution in [0.25, 0.3) is 0 Å². The summed E-state index contributed by atoms with van der Waals surface area (Å²) in [6.07, 6.45) is -3.66. The van der Waals surface area contributed by atoms with E-state index in [4.69, 9.17) is 4.74 Å². The molecule has 1 aromatic heterocycles. The molecule has 0 radical (unpaired) electrons. The summed E-state index contributed by atoms with van der Waals surface area (Å²) in [7, 11) is 0. The molecule has 0 bridgehead atoms. The van der Waals surface area contributed by atoms with Gasteiger partial charge in [0.1, 0.15) is 23.3 Å². The molecule has 1 aliphatic rings. The lowest BCUT2D eigenvalue weighted by molar-refractivity contribution is -0.145. The molecule has 2 amide bonds. The van der Waals surface area contributed by atoms with Crippen molar-refractivity contribution in [3.05, 3.63) is 95.3 Å². The quantitative estimate of drug-likeness (QED) is 0.328. The third kappa shape index (κ3) is 4.79. The number of benzene rings is 2. The van der Waals surface area contributed by atoms with Crippen LogP contribution in [0.2, 0.25) is 0 Å². The van der Waals surface area contributed by atoms with Crippen molar-refractivity contribution >= 4 is 27.9 Å². The van der Waals surface area contributed by atoms with Crippen molar-refractivity contribution in [1.29, 1.82) is 0 Å². The van der Waals surface area contributed by atoms with Crippen LogP contribution < -0.4 is 0 Å². The number of halogens is 5. The first-order valence-corrected chi connectivity index (χ1v) is 10.9. The van der Waals surface area contributed by atoms with E-state index >= 15 is 0 Å². The normalized spacial score (nSPS) is 17.9. The average Bonchev–Trinajstić information content (AvgIpc) is 3.21. The number of hydrogen-bond donors (Lipinski definition) is 0. The van der Waals surface area contributed by atoms with Crippen molar-refractivity contribution in [3.8, 4) is 0 Å². The average molecular weight is 538 g/mol. The molecular formula is C23H16BrF4N3O3. The topological polar surface area (TPSA) is 72.4 Å². The number of imide groups is 1. The molecule has 0 unspecified atom stereocenters. The Kier molecular flexibility index (Phi) is 6.65. The minimum absolute atomic E-state index is 0.0427. The van der Waals surface area contributed by atoms with Gasteiger partial charge >= 0.3 is 12.3 Å². The molecule has 3 aromatic rings. The Morgan fingerprint density at radius 1 is 1.03 bits per heavy atom. The Morgan fingerprint density at radius 3 is 2.24 bits per heavy atom. The minimum atomic E-state index is -4.74. The summed E-state index contributed by atoms with van der Waals surface area (Å²) in [5, 5.41) is 0. The monoisotopic (exact) mass is 537 g/mol. The Morgan fingerprint density at radius 2 is 1.65 bits per heavy atom. The van der Waals surface area contributed by atoms with Crippen LogP contribution in [0.4, 0.5) is 22.4 Å².